The molecular formula is C35H39N3O4. The van der Waals surface area contributed by atoms with Crippen LogP contribution in [0.3, 0.4) is 0 Å². The number of esters is 1. The molecule has 2 aliphatic heterocycles. The second kappa shape index (κ2) is 13.6. The normalized spacial score (nSPS) is 18.2. The van der Waals surface area contributed by atoms with E-state index in [2.05, 4.69) is 34.5 Å². The molecule has 1 unspecified atom stereocenters. The van der Waals surface area contributed by atoms with Gasteiger partial charge in [-0.15, -0.1) is 0 Å². The zero-order chi connectivity index (χ0) is 29.5. The number of carbonyl (C=O) groups excluding carboxylic acids is 3. The van der Waals surface area contributed by atoms with Crippen LogP contribution in [0.15, 0.2) is 96.2 Å². The fourth-order valence-electron chi connectivity index (χ4n) is 5.99. The third kappa shape index (κ3) is 6.97. The highest BCUT2D eigenvalue weighted by Gasteiger charge is 2.37. The van der Waals surface area contributed by atoms with Gasteiger partial charge in [-0.3, -0.25) is 14.5 Å². The molecule has 0 saturated carbocycles. The summed E-state index contributed by atoms with van der Waals surface area (Å²) in [5.41, 5.74) is 4.72. The third-order valence-electron chi connectivity index (χ3n) is 8.22. The van der Waals surface area contributed by atoms with Crippen LogP contribution in [0.25, 0.3) is 0 Å². The standard InChI is InChI=1S/C35H39N3O4/c1-3-42-35(41)33-25(2)38(32(39)22-31(33)28-14-8-5-9-15-28)24-27-13-10-16-29(21-27)34(40)36-30-17-19-37(20-18-30)23-26-11-6-4-7-12-26/h4-16,21,30-31H,3,17-20,22-24H2,1-2H3,(H,36,40). The van der Waals surface area contributed by atoms with Gasteiger partial charge in [-0.2, -0.15) is 0 Å². The van der Waals surface area contributed by atoms with Gasteiger partial charge in [-0.05, 0) is 55.5 Å². The van der Waals surface area contributed by atoms with Crippen LogP contribution in [0.2, 0.25) is 0 Å². The molecule has 1 N–H and O–H groups in total. The Bertz CT molecular complexity index is 1430. The molecule has 7 nitrogen and oxygen atoms in total. The van der Waals surface area contributed by atoms with E-state index in [1.807, 2.05) is 54.6 Å². The first kappa shape index (κ1) is 29.3. The number of ether oxygens (including phenoxy) is 1. The van der Waals surface area contributed by atoms with Crippen molar-refractivity contribution < 1.29 is 19.1 Å². The molecule has 218 valence electrons. The lowest BCUT2D eigenvalue weighted by atomic mass is 9.83. The SMILES string of the molecule is CCOC(=O)C1=C(C)N(Cc2cccc(C(=O)NC3CCN(Cc4ccccc4)CC3)c2)C(=O)CC1c1ccccc1. The lowest BCUT2D eigenvalue weighted by Crippen LogP contribution is -2.44. The van der Waals surface area contributed by atoms with Crippen molar-refractivity contribution in [3.63, 3.8) is 0 Å². The lowest BCUT2D eigenvalue weighted by Gasteiger charge is -2.34. The van der Waals surface area contributed by atoms with E-state index in [4.69, 9.17) is 4.74 Å². The van der Waals surface area contributed by atoms with Gasteiger partial charge in [-0.25, -0.2) is 4.79 Å². The van der Waals surface area contributed by atoms with Crippen LogP contribution in [0.5, 0.6) is 0 Å². The second-order valence-electron chi connectivity index (χ2n) is 11.1. The minimum atomic E-state index is -0.399. The summed E-state index contributed by atoms with van der Waals surface area (Å²) < 4.78 is 5.41. The molecule has 0 aromatic heterocycles. The molecule has 3 aromatic rings. The molecule has 2 amide bonds. The zero-order valence-electron chi connectivity index (χ0n) is 24.4. The van der Waals surface area contributed by atoms with Crippen LogP contribution in [-0.2, 0) is 27.4 Å². The smallest absolute Gasteiger partial charge is 0.336 e. The largest absolute Gasteiger partial charge is 0.463 e. The highest BCUT2D eigenvalue weighted by Crippen LogP contribution is 2.37. The number of hydrogen-bond donors (Lipinski definition) is 1. The van der Waals surface area contributed by atoms with Gasteiger partial charge < -0.3 is 15.0 Å². The Labute approximate surface area is 248 Å². The predicted octanol–water partition coefficient (Wildman–Crippen LogP) is 5.43. The molecule has 1 fully saturated rings. The summed E-state index contributed by atoms with van der Waals surface area (Å²) in [4.78, 5) is 43.7. The highest BCUT2D eigenvalue weighted by atomic mass is 16.5. The van der Waals surface area contributed by atoms with Crippen molar-refractivity contribution in [2.45, 2.75) is 58.2 Å². The van der Waals surface area contributed by atoms with Crippen molar-refractivity contribution in [2.75, 3.05) is 19.7 Å². The molecule has 1 atom stereocenters. The van der Waals surface area contributed by atoms with Gasteiger partial charge in [0.2, 0.25) is 5.91 Å². The van der Waals surface area contributed by atoms with E-state index in [9.17, 15) is 14.4 Å². The molecule has 0 radical (unpaired) electrons. The second-order valence-corrected chi connectivity index (χ2v) is 11.1. The Morgan fingerprint density at radius 3 is 2.24 bits per heavy atom. The van der Waals surface area contributed by atoms with Crippen molar-refractivity contribution in [1.82, 2.24) is 15.1 Å². The lowest BCUT2D eigenvalue weighted by molar-refractivity contribution is -0.140. The summed E-state index contributed by atoms with van der Waals surface area (Å²) >= 11 is 0. The fourth-order valence-corrected chi connectivity index (χ4v) is 5.99. The predicted molar refractivity (Wildman–Crippen MR) is 162 cm³/mol. The maximum Gasteiger partial charge on any atom is 0.336 e. The van der Waals surface area contributed by atoms with Crippen molar-refractivity contribution in [3.8, 4) is 0 Å². The maximum atomic E-state index is 13.4. The van der Waals surface area contributed by atoms with Crippen LogP contribution in [0.4, 0.5) is 0 Å². The number of benzene rings is 3. The average molecular weight is 566 g/mol. The Morgan fingerprint density at radius 1 is 0.881 bits per heavy atom. The minimum absolute atomic E-state index is 0.0634. The summed E-state index contributed by atoms with van der Waals surface area (Å²) in [6, 6.07) is 27.6. The van der Waals surface area contributed by atoms with Gasteiger partial charge >= 0.3 is 5.97 Å². The molecule has 5 rings (SSSR count). The van der Waals surface area contributed by atoms with E-state index < -0.39 is 5.97 Å². The first-order valence-corrected chi connectivity index (χ1v) is 14.8. The molecule has 3 aromatic carbocycles. The number of carbonyl (C=O) groups is 3. The first-order valence-electron chi connectivity index (χ1n) is 14.8. The van der Waals surface area contributed by atoms with Gasteiger partial charge in [0.25, 0.3) is 5.91 Å². The van der Waals surface area contributed by atoms with Crippen LogP contribution in [0.1, 0.15) is 66.1 Å². The number of piperidine rings is 1. The number of allylic oxidation sites excluding steroid dienone is 1. The van der Waals surface area contributed by atoms with Crippen molar-refractivity contribution in [1.29, 1.82) is 0 Å². The first-order chi connectivity index (χ1) is 20.4. The molecular weight excluding hydrogens is 526 g/mol. The quantitative estimate of drug-likeness (QED) is 0.350. The Hall–Kier alpha value is -4.23. The molecule has 2 heterocycles. The molecule has 0 spiro atoms. The Balaban J connectivity index is 1.25. The number of nitrogens with zero attached hydrogens (tertiary/aromatic N) is 2. The number of likely N-dealkylation sites (tertiary alicyclic amines) is 1. The van der Waals surface area contributed by atoms with E-state index >= 15 is 0 Å². The van der Waals surface area contributed by atoms with Crippen LogP contribution < -0.4 is 5.32 Å². The summed E-state index contributed by atoms with van der Waals surface area (Å²) in [7, 11) is 0. The molecule has 0 aliphatic carbocycles. The van der Waals surface area contributed by atoms with Gasteiger partial charge in [0.1, 0.15) is 0 Å². The molecule has 1 saturated heterocycles. The monoisotopic (exact) mass is 565 g/mol. The van der Waals surface area contributed by atoms with E-state index in [0.29, 0.717) is 16.8 Å². The fraction of sp³-hybridized carbons (Fsp3) is 0.343. The van der Waals surface area contributed by atoms with Gasteiger partial charge in [0.05, 0.1) is 18.7 Å². The molecule has 0 bridgehead atoms. The van der Waals surface area contributed by atoms with Crippen molar-refractivity contribution in [2.24, 2.45) is 0 Å². The van der Waals surface area contributed by atoms with Gasteiger partial charge in [-0.1, -0.05) is 72.8 Å². The zero-order valence-corrected chi connectivity index (χ0v) is 24.4. The minimum Gasteiger partial charge on any atom is -0.463 e. The van der Waals surface area contributed by atoms with Crippen LogP contribution in [-0.4, -0.2) is 53.3 Å². The topological polar surface area (TPSA) is 79.0 Å². The van der Waals surface area contributed by atoms with Gasteiger partial charge in [0, 0.05) is 49.3 Å². The number of nitrogens with one attached hydrogen (secondary N) is 1. The van der Waals surface area contributed by atoms with Gasteiger partial charge in [0.15, 0.2) is 0 Å². The van der Waals surface area contributed by atoms with Crippen molar-refractivity contribution in [3.05, 3.63) is 118 Å². The van der Waals surface area contributed by atoms with Crippen LogP contribution >= 0.6 is 0 Å². The van der Waals surface area contributed by atoms with E-state index in [-0.39, 0.29) is 43.3 Å². The highest BCUT2D eigenvalue weighted by molar-refractivity contribution is 5.96. The molecule has 42 heavy (non-hydrogen) atoms. The van der Waals surface area contributed by atoms with Crippen LogP contribution in [0, 0.1) is 0 Å². The summed E-state index contributed by atoms with van der Waals surface area (Å²) in [5.74, 6) is -0.923. The number of amides is 2. The Kier molecular flexibility index (Phi) is 9.49. The molecule has 2 aliphatic rings. The van der Waals surface area contributed by atoms with E-state index in [0.717, 1.165) is 43.6 Å². The number of hydrogen-bond acceptors (Lipinski definition) is 5. The third-order valence-corrected chi connectivity index (χ3v) is 8.22. The summed E-state index contributed by atoms with van der Waals surface area (Å²) in [6.45, 7) is 6.92. The average Bonchev–Trinajstić information content (AvgIpc) is 3.01. The van der Waals surface area contributed by atoms with E-state index in [1.54, 1.807) is 24.8 Å². The summed E-state index contributed by atoms with van der Waals surface area (Å²) in [6.07, 6.45) is 1.99. The van der Waals surface area contributed by atoms with E-state index in [1.165, 1.54) is 5.56 Å². The Morgan fingerprint density at radius 2 is 1.55 bits per heavy atom. The summed E-state index contributed by atoms with van der Waals surface area (Å²) in [5, 5.41) is 3.21. The number of rotatable bonds is 9. The molecule has 7 heteroatoms. The maximum absolute atomic E-state index is 13.4. The van der Waals surface area contributed by atoms with Crippen molar-refractivity contribution >= 4 is 17.8 Å².